The van der Waals surface area contributed by atoms with Crippen molar-refractivity contribution in [3.8, 4) is 17.0 Å². The predicted molar refractivity (Wildman–Crippen MR) is 145 cm³/mol. The number of hydrogen-bond acceptors (Lipinski definition) is 7. The highest BCUT2D eigenvalue weighted by atomic mass is 35.5. The molecule has 0 unspecified atom stereocenters. The number of ether oxygens (including phenoxy) is 2. The van der Waals surface area contributed by atoms with Crippen LogP contribution in [0.1, 0.15) is 46.2 Å². The fraction of sp³-hybridized carbons (Fsp3) is 0.379. The van der Waals surface area contributed by atoms with Crippen LogP contribution < -0.4 is 10.1 Å². The Morgan fingerprint density at radius 3 is 2.85 bits per heavy atom. The van der Waals surface area contributed by atoms with Crippen molar-refractivity contribution in [1.82, 2.24) is 20.2 Å². The summed E-state index contributed by atoms with van der Waals surface area (Å²) in [6.45, 7) is 0.718. The quantitative estimate of drug-likeness (QED) is 0.404. The Morgan fingerprint density at radius 1 is 1.30 bits per heavy atom. The Bertz CT molecular complexity index is 1420. The van der Waals surface area contributed by atoms with Crippen molar-refractivity contribution in [2.75, 3.05) is 33.5 Å². The van der Waals surface area contributed by atoms with Crippen LogP contribution in [0.4, 0.5) is 4.39 Å². The number of halogens is 2. The number of aliphatic hydroxyl groups excluding tert-OH is 1. The van der Waals surface area contributed by atoms with E-state index in [-0.39, 0.29) is 35.8 Å². The van der Waals surface area contributed by atoms with Crippen molar-refractivity contribution in [2.24, 2.45) is 5.92 Å². The minimum absolute atomic E-state index is 0.0524. The summed E-state index contributed by atoms with van der Waals surface area (Å²) in [6.07, 6.45) is 4.01. The number of aliphatic hydroxyl groups is 1. The van der Waals surface area contributed by atoms with Crippen LogP contribution in [-0.2, 0) is 22.5 Å². The first-order valence-electron chi connectivity index (χ1n) is 13.1. The molecule has 2 aromatic carbocycles. The summed E-state index contributed by atoms with van der Waals surface area (Å²) in [5, 5.41) is 12.8. The number of nitrogens with one attached hydrogen (secondary N) is 1. The molecule has 1 saturated heterocycles. The van der Waals surface area contributed by atoms with Crippen LogP contribution in [0.2, 0.25) is 5.02 Å². The van der Waals surface area contributed by atoms with Crippen LogP contribution in [0.15, 0.2) is 42.6 Å². The SMILES string of the molecule is COc1cccc([C@@H](CO)NC(=O)CN2Cc3c(F)cc(-c4nc(CC5CCOCC5)ncc4Cl)cc3C2=O)c1. The molecular weight excluding hydrogens is 539 g/mol. The van der Waals surface area contributed by atoms with E-state index in [9.17, 15) is 14.7 Å². The number of aromatic nitrogens is 2. The Hall–Kier alpha value is -3.60. The molecule has 2 amide bonds. The number of methoxy groups -OCH3 is 1. The van der Waals surface area contributed by atoms with Crippen LogP contribution >= 0.6 is 11.6 Å². The molecule has 2 aliphatic rings. The molecule has 0 bridgehead atoms. The Morgan fingerprint density at radius 2 is 2.10 bits per heavy atom. The number of rotatable bonds is 9. The van der Waals surface area contributed by atoms with Crippen molar-refractivity contribution >= 4 is 23.4 Å². The van der Waals surface area contributed by atoms with E-state index in [1.54, 1.807) is 30.3 Å². The summed E-state index contributed by atoms with van der Waals surface area (Å²) in [7, 11) is 1.53. The molecule has 0 aliphatic carbocycles. The van der Waals surface area contributed by atoms with E-state index in [4.69, 9.17) is 21.1 Å². The normalized spacial score (nSPS) is 16.1. The fourth-order valence-electron chi connectivity index (χ4n) is 5.10. The van der Waals surface area contributed by atoms with Gasteiger partial charge in [0, 0.05) is 42.5 Å². The third kappa shape index (κ3) is 6.09. The van der Waals surface area contributed by atoms with Crippen LogP contribution in [0.25, 0.3) is 11.3 Å². The Balaban J connectivity index is 1.30. The lowest BCUT2D eigenvalue weighted by atomic mass is 9.96. The number of amides is 2. The molecular formula is C29H30ClFN4O5. The summed E-state index contributed by atoms with van der Waals surface area (Å²) in [5.74, 6) is 0.0531. The third-order valence-corrected chi connectivity index (χ3v) is 7.57. The van der Waals surface area contributed by atoms with Gasteiger partial charge in [-0.3, -0.25) is 9.59 Å². The van der Waals surface area contributed by atoms with Gasteiger partial charge in [0.1, 0.15) is 23.9 Å². The maximum absolute atomic E-state index is 15.3. The highest BCUT2D eigenvalue weighted by Gasteiger charge is 2.33. The van der Waals surface area contributed by atoms with Gasteiger partial charge in [-0.1, -0.05) is 23.7 Å². The second kappa shape index (κ2) is 12.3. The van der Waals surface area contributed by atoms with Gasteiger partial charge in [0.15, 0.2) is 0 Å². The Kier molecular flexibility index (Phi) is 8.58. The molecule has 210 valence electrons. The maximum atomic E-state index is 15.3. The highest BCUT2D eigenvalue weighted by Crippen LogP contribution is 2.33. The van der Waals surface area contributed by atoms with Gasteiger partial charge in [0.05, 0.1) is 37.0 Å². The fourth-order valence-corrected chi connectivity index (χ4v) is 5.30. The van der Waals surface area contributed by atoms with Gasteiger partial charge < -0.3 is 24.8 Å². The lowest BCUT2D eigenvalue weighted by molar-refractivity contribution is -0.122. The minimum Gasteiger partial charge on any atom is -0.497 e. The zero-order valence-corrected chi connectivity index (χ0v) is 22.8. The molecule has 1 atom stereocenters. The average Bonchev–Trinajstić information content (AvgIpc) is 3.28. The van der Waals surface area contributed by atoms with E-state index < -0.39 is 23.7 Å². The zero-order valence-electron chi connectivity index (χ0n) is 22.0. The molecule has 2 N–H and O–H groups in total. The predicted octanol–water partition coefficient (Wildman–Crippen LogP) is 3.72. The molecule has 0 saturated carbocycles. The summed E-state index contributed by atoms with van der Waals surface area (Å²) in [5.41, 5.74) is 1.75. The van der Waals surface area contributed by atoms with Crippen molar-refractivity contribution in [2.45, 2.75) is 31.8 Å². The van der Waals surface area contributed by atoms with Gasteiger partial charge in [-0.25, -0.2) is 14.4 Å². The first-order chi connectivity index (χ1) is 19.4. The number of carbonyl (C=O) groups is 2. The van der Waals surface area contributed by atoms with E-state index >= 15 is 4.39 Å². The van der Waals surface area contributed by atoms with Crippen LogP contribution in [0.5, 0.6) is 5.75 Å². The first kappa shape index (κ1) is 27.9. The average molecular weight is 569 g/mol. The molecule has 0 spiro atoms. The van der Waals surface area contributed by atoms with E-state index in [2.05, 4.69) is 15.3 Å². The molecule has 9 nitrogen and oxygen atoms in total. The van der Waals surface area contributed by atoms with Gasteiger partial charge in [0.25, 0.3) is 5.91 Å². The van der Waals surface area contributed by atoms with Gasteiger partial charge in [0.2, 0.25) is 5.91 Å². The molecule has 1 aromatic heterocycles. The number of hydrogen-bond donors (Lipinski definition) is 2. The van der Waals surface area contributed by atoms with Gasteiger partial charge in [-0.2, -0.15) is 0 Å². The molecule has 3 heterocycles. The van der Waals surface area contributed by atoms with Crippen LogP contribution in [-0.4, -0.2) is 65.3 Å². The number of fused-ring (bicyclic) bond motifs is 1. The van der Waals surface area contributed by atoms with Crippen molar-refractivity contribution < 1.29 is 28.6 Å². The van der Waals surface area contributed by atoms with E-state index in [1.165, 1.54) is 24.3 Å². The van der Waals surface area contributed by atoms with Gasteiger partial charge >= 0.3 is 0 Å². The van der Waals surface area contributed by atoms with E-state index in [0.29, 0.717) is 53.9 Å². The van der Waals surface area contributed by atoms with Crippen molar-refractivity contribution in [3.05, 3.63) is 75.9 Å². The number of carbonyl (C=O) groups excluding carboxylic acids is 2. The van der Waals surface area contributed by atoms with E-state index in [0.717, 1.165) is 12.8 Å². The van der Waals surface area contributed by atoms with Gasteiger partial charge in [-0.15, -0.1) is 0 Å². The summed E-state index contributed by atoms with van der Waals surface area (Å²) in [4.78, 5) is 36.3. The monoisotopic (exact) mass is 568 g/mol. The van der Waals surface area contributed by atoms with Crippen LogP contribution in [0, 0.1) is 11.7 Å². The maximum Gasteiger partial charge on any atom is 0.255 e. The smallest absolute Gasteiger partial charge is 0.255 e. The molecule has 40 heavy (non-hydrogen) atoms. The first-order valence-corrected chi connectivity index (χ1v) is 13.5. The topological polar surface area (TPSA) is 114 Å². The molecule has 5 rings (SSSR count). The number of benzene rings is 2. The van der Waals surface area contributed by atoms with E-state index in [1.807, 2.05) is 0 Å². The molecule has 3 aromatic rings. The van der Waals surface area contributed by atoms with Crippen molar-refractivity contribution in [3.63, 3.8) is 0 Å². The summed E-state index contributed by atoms with van der Waals surface area (Å²) in [6, 6.07) is 9.16. The Labute approximate surface area is 236 Å². The zero-order chi connectivity index (χ0) is 28.2. The second-order valence-corrected chi connectivity index (χ2v) is 10.4. The van der Waals surface area contributed by atoms with Crippen LogP contribution in [0.3, 0.4) is 0 Å². The van der Waals surface area contributed by atoms with Gasteiger partial charge in [-0.05, 0) is 48.6 Å². The minimum atomic E-state index is -0.693. The molecule has 2 aliphatic heterocycles. The molecule has 11 heteroatoms. The van der Waals surface area contributed by atoms with Crippen molar-refractivity contribution in [1.29, 1.82) is 0 Å². The highest BCUT2D eigenvalue weighted by molar-refractivity contribution is 6.32. The lowest BCUT2D eigenvalue weighted by Crippen LogP contribution is -2.40. The largest absolute Gasteiger partial charge is 0.497 e. The number of nitrogens with zero attached hydrogens (tertiary/aromatic N) is 3. The summed E-state index contributed by atoms with van der Waals surface area (Å²) < 4.78 is 25.9. The second-order valence-electron chi connectivity index (χ2n) is 9.97. The summed E-state index contributed by atoms with van der Waals surface area (Å²) >= 11 is 6.40. The standard InChI is InChI=1S/C29H30ClFN4O5/c1-39-20-4-2-3-18(10-20)25(16-36)33-27(37)15-35-14-22-21(29(35)38)11-19(12-24(22)31)28-23(30)13-32-26(34-28)9-17-5-7-40-8-6-17/h2-4,10-13,17,25,36H,5-9,14-16H2,1H3,(H,33,37)/t25-/m1/s1. The molecule has 0 radical (unpaired) electrons. The molecule has 1 fully saturated rings. The third-order valence-electron chi connectivity index (χ3n) is 7.29. The lowest BCUT2D eigenvalue weighted by Gasteiger charge is -2.21.